The Bertz CT molecular complexity index is 955. The highest BCUT2D eigenvalue weighted by atomic mass is 32.2. The molecule has 0 saturated carbocycles. The number of amides is 1. The third-order valence-electron chi connectivity index (χ3n) is 5.43. The predicted octanol–water partition coefficient (Wildman–Crippen LogP) is 2.36. The lowest BCUT2D eigenvalue weighted by atomic mass is 9.99. The maximum absolute atomic E-state index is 13.3. The zero-order valence-electron chi connectivity index (χ0n) is 17.2. The van der Waals surface area contributed by atoms with Crippen LogP contribution >= 0.6 is 0 Å². The van der Waals surface area contributed by atoms with Crippen LogP contribution in [-0.4, -0.2) is 63.1 Å². The summed E-state index contributed by atoms with van der Waals surface area (Å²) in [5.41, 5.74) is 0.673. The molecule has 2 aliphatic rings. The number of hydrogen-bond donors (Lipinski definition) is 0. The highest BCUT2D eigenvalue weighted by Crippen LogP contribution is 2.30. The van der Waals surface area contributed by atoms with E-state index in [4.69, 9.17) is 9.47 Å². The van der Waals surface area contributed by atoms with Gasteiger partial charge in [-0.3, -0.25) is 4.79 Å². The quantitative estimate of drug-likeness (QED) is 0.728. The topological polar surface area (TPSA) is 88.5 Å². The number of piperidine rings is 1. The molecule has 1 atom stereocenters. The van der Waals surface area contributed by atoms with Crippen molar-refractivity contribution in [3.63, 3.8) is 0 Å². The van der Waals surface area contributed by atoms with Gasteiger partial charge in [0.05, 0.1) is 19.9 Å². The zero-order chi connectivity index (χ0) is 21.2. The van der Waals surface area contributed by atoms with Crippen LogP contribution in [0.2, 0.25) is 0 Å². The molecule has 2 heterocycles. The standard InChI is InChI=1S/C20H27N3O5S/c1-5-14-8-6-7-11-23(14)20(24)18-13-17(21-29(25,26)22(18)2)16-12-15(27-3)9-10-19(16)28-4/h9-10,12-14H,5-8,11H2,1-4H3. The molecule has 8 nitrogen and oxygen atoms in total. The van der Waals surface area contributed by atoms with Crippen LogP contribution in [0.5, 0.6) is 11.5 Å². The van der Waals surface area contributed by atoms with Crippen LogP contribution in [0.1, 0.15) is 38.2 Å². The Labute approximate surface area is 172 Å². The van der Waals surface area contributed by atoms with Crippen molar-refractivity contribution >= 4 is 21.8 Å². The van der Waals surface area contributed by atoms with Gasteiger partial charge in [-0.05, 0) is 50.0 Å². The summed E-state index contributed by atoms with van der Waals surface area (Å²) in [7, 11) is 0.312. The van der Waals surface area contributed by atoms with Gasteiger partial charge < -0.3 is 14.4 Å². The van der Waals surface area contributed by atoms with Crippen LogP contribution in [0, 0.1) is 0 Å². The summed E-state index contributed by atoms with van der Waals surface area (Å²) < 4.78 is 40.9. The fraction of sp³-hybridized carbons (Fsp3) is 0.500. The Balaban J connectivity index is 2.08. The summed E-state index contributed by atoms with van der Waals surface area (Å²) in [5.74, 6) is 0.678. The van der Waals surface area contributed by atoms with Gasteiger partial charge in [-0.1, -0.05) is 6.92 Å². The summed E-state index contributed by atoms with van der Waals surface area (Å²) in [6.07, 6.45) is 5.26. The van der Waals surface area contributed by atoms with Crippen molar-refractivity contribution in [2.75, 3.05) is 27.8 Å². The molecule has 1 aromatic carbocycles. The first kappa shape index (κ1) is 21.2. The van der Waals surface area contributed by atoms with E-state index in [1.807, 2.05) is 6.92 Å². The van der Waals surface area contributed by atoms with Crippen LogP contribution < -0.4 is 9.47 Å². The zero-order valence-corrected chi connectivity index (χ0v) is 18.0. The fourth-order valence-electron chi connectivity index (χ4n) is 3.73. The van der Waals surface area contributed by atoms with Gasteiger partial charge >= 0.3 is 10.2 Å². The minimum atomic E-state index is -4.05. The van der Waals surface area contributed by atoms with E-state index >= 15 is 0 Å². The molecule has 1 saturated heterocycles. The van der Waals surface area contributed by atoms with E-state index in [1.165, 1.54) is 27.3 Å². The molecule has 0 aromatic heterocycles. The lowest BCUT2D eigenvalue weighted by Gasteiger charge is -2.37. The van der Waals surface area contributed by atoms with Gasteiger partial charge in [0.1, 0.15) is 17.2 Å². The molecule has 2 aliphatic heterocycles. The number of likely N-dealkylation sites (N-methyl/N-ethyl adjacent to an activating group) is 1. The van der Waals surface area contributed by atoms with Gasteiger partial charge in [-0.15, -0.1) is 4.40 Å². The van der Waals surface area contributed by atoms with E-state index in [0.717, 1.165) is 30.0 Å². The first-order valence-corrected chi connectivity index (χ1v) is 11.1. The summed E-state index contributed by atoms with van der Waals surface area (Å²) in [6.45, 7) is 2.66. The average Bonchev–Trinajstić information content (AvgIpc) is 2.74. The Morgan fingerprint density at radius 2 is 2.00 bits per heavy atom. The first-order chi connectivity index (χ1) is 13.8. The van der Waals surface area contributed by atoms with Crippen molar-refractivity contribution in [1.82, 2.24) is 9.21 Å². The van der Waals surface area contributed by atoms with Crippen LogP contribution in [0.25, 0.3) is 0 Å². The number of carbonyl (C=O) groups excluding carboxylic acids is 1. The van der Waals surface area contributed by atoms with Gasteiger partial charge in [-0.25, -0.2) is 4.31 Å². The number of benzene rings is 1. The normalized spacial score (nSPS) is 21.3. The predicted molar refractivity (Wildman–Crippen MR) is 110 cm³/mol. The molecule has 0 N–H and O–H groups in total. The molecule has 1 unspecified atom stereocenters. The molecule has 29 heavy (non-hydrogen) atoms. The van der Waals surface area contributed by atoms with Crippen molar-refractivity contribution in [2.24, 2.45) is 4.40 Å². The van der Waals surface area contributed by atoms with Crippen LogP contribution in [0.15, 0.2) is 34.4 Å². The average molecular weight is 422 g/mol. The van der Waals surface area contributed by atoms with Crippen molar-refractivity contribution in [2.45, 2.75) is 38.6 Å². The number of methoxy groups -OCH3 is 2. The van der Waals surface area contributed by atoms with E-state index < -0.39 is 10.2 Å². The van der Waals surface area contributed by atoms with Crippen molar-refractivity contribution in [3.8, 4) is 11.5 Å². The highest BCUT2D eigenvalue weighted by molar-refractivity contribution is 7.88. The number of hydrogen-bond acceptors (Lipinski definition) is 5. The third kappa shape index (κ3) is 4.10. The number of rotatable bonds is 5. The molecule has 0 aliphatic carbocycles. The lowest BCUT2D eigenvalue weighted by Crippen LogP contribution is -2.47. The van der Waals surface area contributed by atoms with Crippen molar-refractivity contribution in [1.29, 1.82) is 0 Å². The van der Waals surface area contributed by atoms with Gasteiger partial charge in [0.2, 0.25) is 0 Å². The Hall–Kier alpha value is -2.55. The summed E-state index contributed by atoms with van der Waals surface area (Å²) >= 11 is 0. The maximum atomic E-state index is 13.3. The number of nitrogens with zero attached hydrogens (tertiary/aromatic N) is 3. The van der Waals surface area contributed by atoms with Crippen molar-refractivity contribution in [3.05, 3.63) is 35.5 Å². The Kier molecular flexibility index (Phi) is 6.16. The minimum absolute atomic E-state index is 0.0835. The summed E-state index contributed by atoms with van der Waals surface area (Å²) in [4.78, 5) is 15.1. The fourth-order valence-corrected chi connectivity index (χ4v) is 4.64. The molecular weight excluding hydrogens is 394 g/mol. The van der Waals surface area contributed by atoms with E-state index in [0.29, 0.717) is 23.6 Å². The van der Waals surface area contributed by atoms with Crippen molar-refractivity contribution < 1.29 is 22.7 Å². The largest absolute Gasteiger partial charge is 0.497 e. The number of carbonyl (C=O) groups is 1. The van der Waals surface area contributed by atoms with Gasteiger partial charge in [0.25, 0.3) is 5.91 Å². The molecule has 158 valence electrons. The second-order valence-electron chi connectivity index (χ2n) is 7.07. The van der Waals surface area contributed by atoms with Crippen LogP contribution in [-0.2, 0) is 15.0 Å². The third-order valence-corrected chi connectivity index (χ3v) is 6.75. The SMILES string of the molecule is CCC1CCCCN1C(=O)C1=CC(c2cc(OC)ccc2OC)=NS(=O)(=O)N1C. The molecular formula is C20H27N3O5S. The summed E-state index contributed by atoms with van der Waals surface area (Å²) in [6, 6.07) is 5.14. The van der Waals surface area contributed by atoms with E-state index in [-0.39, 0.29) is 23.4 Å². The van der Waals surface area contributed by atoms with E-state index in [9.17, 15) is 13.2 Å². The summed E-state index contributed by atoms with van der Waals surface area (Å²) in [5, 5.41) is 0. The van der Waals surface area contributed by atoms with Crippen LogP contribution in [0.4, 0.5) is 0 Å². The minimum Gasteiger partial charge on any atom is -0.497 e. The van der Waals surface area contributed by atoms with Gasteiger partial charge in [0.15, 0.2) is 0 Å². The van der Waals surface area contributed by atoms with Crippen LogP contribution in [0.3, 0.4) is 0 Å². The molecule has 0 bridgehead atoms. The number of likely N-dealkylation sites (tertiary alicyclic amines) is 1. The molecule has 1 aromatic rings. The van der Waals surface area contributed by atoms with Gasteiger partial charge in [0, 0.05) is 25.2 Å². The molecule has 9 heteroatoms. The maximum Gasteiger partial charge on any atom is 0.345 e. The monoisotopic (exact) mass is 421 g/mol. The molecule has 1 amide bonds. The van der Waals surface area contributed by atoms with Gasteiger partial charge in [-0.2, -0.15) is 8.42 Å². The number of allylic oxidation sites excluding steroid dienone is 1. The van der Waals surface area contributed by atoms with E-state index in [1.54, 1.807) is 23.1 Å². The van der Waals surface area contributed by atoms with E-state index in [2.05, 4.69) is 4.40 Å². The molecule has 0 radical (unpaired) electrons. The second-order valence-corrected chi connectivity index (χ2v) is 8.70. The Morgan fingerprint density at radius 3 is 2.66 bits per heavy atom. The highest BCUT2D eigenvalue weighted by Gasteiger charge is 2.35. The lowest BCUT2D eigenvalue weighted by molar-refractivity contribution is -0.131. The Morgan fingerprint density at radius 1 is 1.24 bits per heavy atom. The first-order valence-electron chi connectivity index (χ1n) is 9.66. The molecule has 1 fully saturated rings. The second kappa shape index (κ2) is 8.44. The smallest absolute Gasteiger partial charge is 0.345 e. The number of ether oxygens (including phenoxy) is 2. The molecule has 3 rings (SSSR count). The molecule has 0 spiro atoms.